The summed E-state index contributed by atoms with van der Waals surface area (Å²) < 4.78 is 0. The van der Waals surface area contributed by atoms with Crippen molar-refractivity contribution >= 4 is 29.7 Å². The summed E-state index contributed by atoms with van der Waals surface area (Å²) in [4.78, 5) is 57.9. The highest BCUT2D eigenvalue weighted by atomic mass is 16.4. The van der Waals surface area contributed by atoms with E-state index < -0.39 is 66.9 Å². The molecule has 0 aromatic carbocycles. The average Bonchev–Trinajstić information content (AvgIpc) is 2.56. The molecule has 0 heterocycles. The summed E-state index contributed by atoms with van der Waals surface area (Å²) in [6.07, 6.45) is -0.784. The molecule has 0 aromatic rings. The standard InChI is InChI=1S/C15H26N4O8/c1-6(2)11(16)14(25)18-8(4-10(21)22)12(23)19-9(5-20)13(24)17-7(3)15(26)27/h6-9,11,20H,4-5,16H2,1-3H3,(H,17,24)(H,18,25)(H,19,23)(H,21,22)(H,26,27). The van der Waals surface area contributed by atoms with Crippen molar-refractivity contribution in [3.8, 4) is 0 Å². The second-order valence-corrected chi connectivity index (χ2v) is 6.24. The molecule has 0 saturated carbocycles. The Kier molecular flexibility index (Phi) is 9.96. The van der Waals surface area contributed by atoms with Crippen molar-refractivity contribution in [1.82, 2.24) is 16.0 Å². The van der Waals surface area contributed by atoms with Crippen LogP contribution >= 0.6 is 0 Å². The van der Waals surface area contributed by atoms with Crippen LogP contribution in [0, 0.1) is 5.92 Å². The maximum atomic E-state index is 12.3. The zero-order valence-electron chi connectivity index (χ0n) is 15.3. The third-order valence-corrected chi connectivity index (χ3v) is 3.58. The van der Waals surface area contributed by atoms with Crippen LogP contribution in [0.1, 0.15) is 27.2 Å². The highest BCUT2D eigenvalue weighted by Gasteiger charge is 2.30. The van der Waals surface area contributed by atoms with Gasteiger partial charge in [-0.2, -0.15) is 0 Å². The van der Waals surface area contributed by atoms with E-state index >= 15 is 0 Å². The molecule has 3 amide bonds. The largest absolute Gasteiger partial charge is 0.481 e. The lowest BCUT2D eigenvalue weighted by molar-refractivity contribution is -0.143. The molecule has 154 valence electrons. The summed E-state index contributed by atoms with van der Waals surface area (Å²) in [5.74, 6) is -5.77. The van der Waals surface area contributed by atoms with Gasteiger partial charge in [0.2, 0.25) is 17.7 Å². The summed E-state index contributed by atoms with van der Waals surface area (Å²) in [6.45, 7) is 3.62. The number of nitrogens with two attached hydrogens (primary N) is 1. The Balaban J connectivity index is 5.14. The molecular formula is C15H26N4O8. The van der Waals surface area contributed by atoms with Gasteiger partial charge in [0, 0.05) is 0 Å². The molecule has 12 heteroatoms. The van der Waals surface area contributed by atoms with E-state index in [-0.39, 0.29) is 5.92 Å². The van der Waals surface area contributed by atoms with Gasteiger partial charge in [-0.15, -0.1) is 0 Å². The van der Waals surface area contributed by atoms with E-state index in [1.165, 1.54) is 6.92 Å². The van der Waals surface area contributed by atoms with Crippen molar-refractivity contribution < 1.29 is 39.3 Å². The van der Waals surface area contributed by atoms with Gasteiger partial charge in [-0.05, 0) is 12.8 Å². The molecule has 0 radical (unpaired) electrons. The number of hydrogen-bond acceptors (Lipinski definition) is 7. The van der Waals surface area contributed by atoms with Crippen molar-refractivity contribution in [3.05, 3.63) is 0 Å². The van der Waals surface area contributed by atoms with Gasteiger partial charge in [0.25, 0.3) is 0 Å². The number of carboxylic acids is 2. The minimum absolute atomic E-state index is 0.271. The van der Waals surface area contributed by atoms with Crippen LogP contribution in [0.5, 0.6) is 0 Å². The number of rotatable bonds is 11. The van der Waals surface area contributed by atoms with Crippen LogP contribution in [0.15, 0.2) is 0 Å². The van der Waals surface area contributed by atoms with E-state index in [0.717, 1.165) is 0 Å². The molecule has 0 aliphatic carbocycles. The Bertz CT molecular complexity index is 580. The number of nitrogens with one attached hydrogen (secondary N) is 3. The van der Waals surface area contributed by atoms with Gasteiger partial charge in [-0.3, -0.25) is 24.0 Å². The Labute approximate surface area is 155 Å². The molecule has 0 bridgehead atoms. The smallest absolute Gasteiger partial charge is 0.325 e. The lowest BCUT2D eigenvalue weighted by Gasteiger charge is -2.23. The Hall–Kier alpha value is -2.73. The first-order valence-corrected chi connectivity index (χ1v) is 8.12. The zero-order valence-corrected chi connectivity index (χ0v) is 15.3. The SMILES string of the molecule is CC(NC(=O)C(CO)NC(=O)C(CC(=O)O)NC(=O)C(N)C(C)C)C(=O)O. The summed E-state index contributed by atoms with van der Waals surface area (Å²) in [5.41, 5.74) is 5.65. The maximum Gasteiger partial charge on any atom is 0.325 e. The first-order chi connectivity index (χ1) is 12.4. The lowest BCUT2D eigenvalue weighted by Crippen LogP contribution is -2.58. The second kappa shape index (κ2) is 11.1. The zero-order chi connectivity index (χ0) is 21.3. The van der Waals surface area contributed by atoms with Crippen LogP contribution in [0.4, 0.5) is 0 Å². The monoisotopic (exact) mass is 390 g/mol. The summed E-state index contributed by atoms with van der Waals surface area (Å²) >= 11 is 0. The number of aliphatic hydroxyl groups excluding tert-OH is 1. The summed E-state index contributed by atoms with van der Waals surface area (Å²) in [7, 11) is 0. The second-order valence-electron chi connectivity index (χ2n) is 6.24. The van der Waals surface area contributed by atoms with Gasteiger partial charge in [-0.1, -0.05) is 13.8 Å². The van der Waals surface area contributed by atoms with Crippen molar-refractivity contribution in [2.45, 2.75) is 51.4 Å². The molecule has 0 aliphatic rings. The van der Waals surface area contributed by atoms with Crippen LogP contribution in [-0.4, -0.2) is 75.8 Å². The van der Waals surface area contributed by atoms with Crippen molar-refractivity contribution in [2.75, 3.05) is 6.61 Å². The van der Waals surface area contributed by atoms with Crippen LogP contribution in [0.25, 0.3) is 0 Å². The molecule has 0 saturated heterocycles. The van der Waals surface area contributed by atoms with Gasteiger partial charge in [0.1, 0.15) is 18.1 Å². The molecule has 0 aliphatic heterocycles. The molecule has 0 fully saturated rings. The van der Waals surface area contributed by atoms with E-state index in [1.807, 2.05) is 0 Å². The first-order valence-electron chi connectivity index (χ1n) is 8.12. The number of carboxylic acid groups (broad SMARTS) is 2. The molecule has 0 rings (SSSR count). The first kappa shape index (κ1) is 24.3. The molecule has 4 unspecified atom stereocenters. The molecule has 0 aromatic heterocycles. The van der Waals surface area contributed by atoms with Gasteiger partial charge < -0.3 is 37.0 Å². The predicted octanol–water partition coefficient (Wildman–Crippen LogP) is -3.00. The van der Waals surface area contributed by atoms with Crippen LogP contribution < -0.4 is 21.7 Å². The summed E-state index contributed by atoms with van der Waals surface area (Å²) in [5, 5.41) is 33.3. The number of aliphatic hydroxyl groups is 1. The molecule has 8 N–H and O–H groups in total. The third-order valence-electron chi connectivity index (χ3n) is 3.58. The number of carbonyl (C=O) groups excluding carboxylic acids is 3. The Morgan fingerprint density at radius 3 is 1.74 bits per heavy atom. The molecule has 4 atom stereocenters. The number of carbonyl (C=O) groups is 5. The fraction of sp³-hybridized carbons (Fsp3) is 0.667. The van der Waals surface area contributed by atoms with Crippen molar-refractivity contribution in [2.24, 2.45) is 11.7 Å². The van der Waals surface area contributed by atoms with E-state index in [4.69, 9.17) is 15.9 Å². The predicted molar refractivity (Wildman–Crippen MR) is 91.3 cm³/mol. The van der Waals surface area contributed by atoms with Crippen molar-refractivity contribution in [1.29, 1.82) is 0 Å². The maximum absolute atomic E-state index is 12.3. The van der Waals surface area contributed by atoms with Crippen LogP contribution in [0.2, 0.25) is 0 Å². The van der Waals surface area contributed by atoms with Gasteiger partial charge in [-0.25, -0.2) is 0 Å². The van der Waals surface area contributed by atoms with E-state index in [1.54, 1.807) is 13.8 Å². The van der Waals surface area contributed by atoms with E-state index in [0.29, 0.717) is 0 Å². The van der Waals surface area contributed by atoms with Crippen LogP contribution in [-0.2, 0) is 24.0 Å². The molecule has 27 heavy (non-hydrogen) atoms. The average molecular weight is 390 g/mol. The fourth-order valence-corrected chi connectivity index (χ4v) is 1.80. The number of hydrogen-bond donors (Lipinski definition) is 7. The molecule has 12 nitrogen and oxygen atoms in total. The van der Waals surface area contributed by atoms with Gasteiger partial charge >= 0.3 is 11.9 Å². The normalized spacial score (nSPS) is 15.2. The highest BCUT2D eigenvalue weighted by molar-refractivity contribution is 5.95. The van der Waals surface area contributed by atoms with Gasteiger partial charge in [0.15, 0.2) is 0 Å². The van der Waals surface area contributed by atoms with Crippen LogP contribution in [0.3, 0.4) is 0 Å². The highest BCUT2D eigenvalue weighted by Crippen LogP contribution is 2.01. The Morgan fingerprint density at radius 1 is 0.852 bits per heavy atom. The number of amides is 3. The van der Waals surface area contributed by atoms with E-state index in [2.05, 4.69) is 16.0 Å². The fourth-order valence-electron chi connectivity index (χ4n) is 1.80. The molecular weight excluding hydrogens is 364 g/mol. The minimum Gasteiger partial charge on any atom is -0.481 e. The third kappa shape index (κ3) is 8.46. The quantitative estimate of drug-likeness (QED) is 0.191. The number of aliphatic carboxylic acids is 2. The van der Waals surface area contributed by atoms with Gasteiger partial charge in [0.05, 0.1) is 19.1 Å². The topological polar surface area (TPSA) is 208 Å². The molecule has 0 spiro atoms. The lowest BCUT2D eigenvalue weighted by atomic mass is 10.0. The summed E-state index contributed by atoms with van der Waals surface area (Å²) in [6, 6.07) is -5.34. The van der Waals surface area contributed by atoms with E-state index in [9.17, 15) is 29.1 Å². The minimum atomic E-state index is -1.54. The van der Waals surface area contributed by atoms with Crippen molar-refractivity contribution in [3.63, 3.8) is 0 Å². The Morgan fingerprint density at radius 2 is 1.33 bits per heavy atom.